The molecular formula is C23H18N4O2. The van der Waals surface area contributed by atoms with Crippen molar-refractivity contribution in [1.82, 2.24) is 20.3 Å². The van der Waals surface area contributed by atoms with E-state index in [1.165, 1.54) is 6.92 Å². The zero-order chi connectivity index (χ0) is 20.0. The van der Waals surface area contributed by atoms with Crippen LogP contribution in [0, 0.1) is 0 Å². The highest BCUT2D eigenvalue weighted by Crippen LogP contribution is 2.28. The van der Waals surface area contributed by atoms with Crippen molar-refractivity contribution in [3.63, 3.8) is 0 Å². The fourth-order valence-electron chi connectivity index (χ4n) is 3.76. The number of nitrogens with one attached hydrogen (secondary N) is 3. The van der Waals surface area contributed by atoms with Crippen molar-refractivity contribution in [3.05, 3.63) is 77.7 Å². The molecule has 0 bridgehead atoms. The van der Waals surface area contributed by atoms with Gasteiger partial charge in [0.2, 0.25) is 0 Å². The van der Waals surface area contributed by atoms with Crippen LogP contribution in [0.2, 0.25) is 0 Å². The molecule has 2 aromatic carbocycles. The third-order valence-electron chi connectivity index (χ3n) is 5.18. The SMILES string of the molecule is CC(=O)c1nc(C(=O)NCc2c[nH]c3ccccc23)cc2c1[nH]c1ccccc12. The number of rotatable bonds is 4. The number of nitrogens with zero attached hydrogens (tertiary/aromatic N) is 1. The number of H-pyrrole nitrogens is 2. The molecule has 0 aliphatic heterocycles. The van der Waals surface area contributed by atoms with Crippen LogP contribution in [0.25, 0.3) is 32.7 Å². The fourth-order valence-corrected chi connectivity index (χ4v) is 3.76. The number of aromatic amines is 2. The Hall–Kier alpha value is -3.93. The van der Waals surface area contributed by atoms with Gasteiger partial charge in [0.25, 0.3) is 5.91 Å². The first-order valence-corrected chi connectivity index (χ1v) is 9.37. The summed E-state index contributed by atoms with van der Waals surface area (Å²) in [5.74, 6) is -0.502. The maximum Gasteiger partial charge on any atom is 0.270 e. The quantitative estimate of drug-likeness (QED) is 0.404. The molecule has 0 saturated heterocycles. The molecule has 3 aromatic heterocycles. The maximum absolute atomic E-state index is 12.8. The van der Waals surface area contributed by atoms with E-state index in [9.17, 15) is 9.59 Å². The molecule has 0 saturated carbocycles. The van der Waals surface area contributed by atoms with E-state index >= 15 is 0 Å². The van der Waals surface area contributed by atoms with Gasteiger partial charge >= 0.3 is 0 Å². The fraction of sp³-hybridized carbons (Fsp3) is 0.0870. The minimum absolute atomic E-state index is 0.187. The normalized spacial score (nSPS) is 11.3. The second-order valence-electron chi connectivity index (χ2n) is 7.05. The largest absolute Gasteiger partial charge is 0.361 e. The van der Waals surface area contributed by atoms with Crippen LogP contribution in [0.5, 0.6) is 0 Å². The molecule has 0 aliphatic carbocycles. The molecule has 5 aromatic rings. The average Bonchev–Trinajstić information content (AvgIpc) is 3.32. The van der Waals surface area contributed by atoms with E-state index in [4.69, 9.17) is 0 Å². The summed E-state index contributed by atoms with van der Waals surface area (Å²) in [4.78, 5) is 35.8. The van der Waals surface area contributed by atoms with Crippen molar-refractivity contribution in [2.45, 2.75) is 13.5 Å². The third kappa shape index (κ3) is 2.86. The van der Waals surface area contributed by atoms with Gasteiger partial charge in [0.15, 0.2) is 5.78 Å². The van der Waals surface area contributed by atoms with E-state index in [1.807, 2.05) is 54.7 Å². The summed E-state index contributed by atoms with van der Waals surface area (Å²) in [7, 11) is 0. The lowest BCUT2D eigenvalue weighted by atomic mass is 10.1. The van der Waals surface area contributed by atoms with E-state index in [1.54, 1.807) is 6.07 Å². The lowest BCUT2D eigenvalue weighted by Crippen LogP contribution is -2.24. The first kappa shape index (κ1) is 17.2. The van der Waals surface area contributed by atoms with Gasteiger partial charge in [0.05, 0.1) is 5.52 Å². The summed E-state index contributed by atoms with van der Waals surface area (Å²) in [5.41, 5.74) is 4.08. The Morgan fingerprint density at radius 3 is 2.48 bits per heavy atom. The molecule has 0 atom stereocenters. The molecule has 3 heterocycles. The maximum atomic E-state index is 12.8. The number of para-hydroxylation sites is 2. The van der Waals surface area contributed by atoms with Gasteiger partial charge in [-0.25, -0.2) is 4.98 Å². The van der Waals surface area contributed by atoms with Gasteiger partial charge in [-0.3, -0.25) is 9.59 Å². The number of carbonyl (C=O) groups is 2. The minimum Gasteiger partial charge on any atom is -0.361 e. The number of hydrogen-bond acceptors (Lipinski definition) is 3. The van der Waals surface area contributed by atoms with Gasteiger partial charge in [0, 0.05) is 46.9 Å². The Labute approximate surface area is 166 Å². The second kappa shape index (κ2) is 6.60. The van der Waals surface area contributed by atoms with Crippen LogP contribution in [-0.4, -0.2) is 26.6 Å². The number of hydrogen-bond donors (Lipinski definition) is 3. The molecular weight excluding hydrogens is 364 g/mol. The molecule has 5 rings (SSSR count). The van der Waals surface area contributed by atoms with Crippen molar-refractivity contribution in [3.8, 4) is 0 Å². The van der Waals surface area contributed by atoms with Crippen molar-refractivity contribution >= 4 is 44.4 Å². The molecule has 0 aliphatic rings. The molecule has 0 spiro atoms. The zero-order valence-corrected chi connectivity index (χ0v) is 15.7. The Balaban J connectivity index is 1.52. The van der Waals surface area contributed by atoms with Crippen LogP contribution in [0.1, 0.15) is 33.5 Å². The Bertz CT molecular complexity index is 1410. The van der Waals surface area contributed by atoms with E-state index in [0.29, 0.717) is 12.1 Å². The highest BCUT2D eigenvalue weighted by molar-refractivity contribution is 6.15. The topological polar surface area (TPSA) is 90.6 Å². The molecule has 0 radical (unpaired) electrons. The number of amides is 1. The van der Waals surface area contributed by atoms with E-state index < -0.39 is 0 Å². The van der Waals surface area contributed by atoms with Gasteiger partial charge in [-0.05, 0) is 23.8 Å². The van der Waals surface area contributed by atoms with Gasteiger partial charge in [0.1, 0.15) is 11.4 Å². The van der Waals surface area contributed by atoms with E-state index in [0.717, 1.165) is 32.8 Å². The molecule has 142 valence electrons. The lowest BCUT2D eigenvalue weighted by Gasteiger charge is -2.07. The molecule has 6 heteroatoms. The summed E-state index contributed by atoms with van der Waals surface area (Å²) < 4.78 is 0. The van der Waals surface area contributed by atoms with Crippen LogP contribution < -0.4 is 5.32 Å². The van der Waals surface area contributed by atoms with Crippen LogP contribution in [0.3, 0.4) is 0 Å². The molecule has 29 heavy (non-hydrogen) atoms. The summed E-state index contributed by atoms with van der Waals surface area (Å²) in [5, 5.41) is 5.76. The number of ketones is 1. The predicted molar refractivity (Wildman–Crippen MR) is 113 cm³/mol. The van der Waals surface area contributed by atoms with Crippen molar-refractivity contribution in [2.24, 2.45) is 0 Å². The lowest BCUT2D eigenvalue weighted by molar-refractivity contribution is 0.0946. The highest BCUT2D eigenvalue weighted by atomic mass is 16.2. The number of fused-ring (bicyclic) bond motifs is 4. The summed E-state index contributed by atoms with van der Waals surface area (Å²) >= 11 is 0. The number of benzene rings is 2. The molecule has 6 nitrogen and oxygen atoms in total. The van der Waals surface area contributed by atoms with Gasteiger partial charge in [-0.2, -0.15) is 0 Å². The number of Topliss-reactive ketones (excluding diaryl/α,β-unsaturated/α-hetero) is 1. The van der Waals surface area contributed by atoms with Crippen molar-refractivity contribution in [1.29, 1.82) is 0 Å². The van der Waals surface area contributed by atoms with Crippen LogP contribution >= 0.6 is 0 Å². The standard InChI is InChI=1S/C23H18N4O2/c1-13(28)21-22-17(16-7-3-5-9-19(16)26-22)10-20(27-21)23(29)25-12-14-11-24-18-8-4-2-6-15(14)18/h2-11,24,26H,12H2,1H3,(H,25,29). The predicted octanol–water partition coefficient (Wildman–Crippen LogP) is 4.33. The molecule has 0 fully saturated rings. The van der Waals surface area contributed by atoms with Crippen molar-refractivity contribution in [2.75, 3.05) is 0 Å². The Morgan fingerprint density at radius 2 is 1.69 bits per heavy atom. The van der Waals surface area contributed by atoms with Gasteiger partial charge in [-0.1, -0.05) is 36.4 Å². The van der Waals surface area contributed by atoms with Crippen LogP contribution in [0.15, 0.2) is 60.8 Å². The molecule has 3 N–H and O–H groups in total. The van der Waals surface area contributed by atoms with Crippen LogP contribution in [-0.2, 0) is 6.54 Å². The summed E-state index contributed by atoms with van der Waals surface area (Å²) in [6.45, 7) is 1.83. The third-order valence-corrected chi connectivity index (χ3v) is 5.18. The number of aromatic nitrogens is 3. The monoisotopic (exact) mass is 382 g/mol. The Kier molecular flexibility index (Phi) is 3.91. The summed E-state index contributed by atoms with van der Waals surface area (Å²) in [6.07, 6.45) is 1.89. The molecule has 1 amide bonds. The first-order valence-electron chi connectivity index (χ1n) is 9.37. The Morgan fingerprint density at radius 1 is 0.966 bits per heavy atom. The molecule has 0 unspecified atom stereocenters. The minimum atomic E-state index is -0.315. The van der Waals surface area contributed by atoms with Crippen LogP contribution in [0.4, 0.5) is 0 Å². The average molecular weight is 382 g/mol. The highest BCUT2D eigenvalue weighted by Gasteiger charge is 2.18. The van der Waals surface area contributed by atoms with Gasteiger partial charge < -0.3 is 15.3 Å². The summed E-state index contributed by atoms with van der Waals surface area (Å²) in [6, 6.07) is 17.4. The smallest absolute Gasteiger partial charge is 0.270 e. The zero-order valence-electron chi connectivity index (χ0n) is 15.7. The van der Waals surface area contributed by atoms with Crippen molar-refractivity contribution < 1.29 is 9.59 Å². The number of carbonyl (C=O) groups excluding carboxylic acids is 2. The second-order valence-corrected chi connectivity index (χ2v) is 7.05. The van der Waals surface area contributed by atoms with E-state index in [2.05, 4.69) is 20.3 Å². The number of pyridine rings is 1. The first-order chi connectivity index (χ1) is 14.1. The van der Waals surface area contributed by atoms with Gasteiger partial charge in [-0.15, -0.1) is 0 Å². The van der Waals surface area contributed by atoms with E-state index in [-0.39, 0.29) is 23.1 Å².